The second-order valence-electron chi connectivity index (χ2n) is 7.35. The van der Waals surface area contributed by atoms with Gasteiger partial charge in [0.15, 0.2) is 5.76 Å². The predicted octanol–water partition coefficient (Wildman–Crippen LogP) is 3.13. The van der Waals surface area contributed by atoms with Gasteiger partial charge in [0.25, 0.3) is 11.6 Å². The minimum Gasteiger partial charge on any atom is -0.459 e. The molecule has 0 aliphatic heterocycles. The molecular formula is C24H21N5O5. The lowest BCUT2D eigenvalue weighted by atomic mass is 10.1. The number of carbonyl (C=O) groups excluding carboxylic acids is 2. The molecular weight excluding hydrogens is 438 g/mol. The third kappa shape index (κ3) is 5.36. The summed E-state index contributed by atoms with van der Waals surface area (Å²) in [4.78, 5) is 35.0. The summed E-state index contributed by atoms with van der Waals surface area (Å²) in [6.45, 7) is 0.481. The van der Waals surface area contributed by atoms with E-state index in [9.17, 15) is 19.7 Å². The Balaban J connectivity index is 1.46. The first kappa shape index (κ1) is 22.5. The van der Waals surface area contributed by atoms with Crippen molar-refractivity contribution in [3.05, 3.63) is 101 Å². The molecule has 4 aromatic rings. The maximum absolute atomic E-state index is 12.6. The highest BCUT2D eigenvalue weighted by molar-refractivity contribution is 5.91. The summed E-state index contributed by atoms with van der Waals surface area (Å²) in [5, 5.41) is 21.0. The van der Waals surface area contributed by atoms with Crippen LogP contribution in [0.1, 0.15) is 16.1 Å². The minimum atomic E-state index is -0.467. The molecule has 172 valence electrons. The Morgan fingerprint density at radius 1 is 0.971 bits per heavy atom. The standard InChI is InChI=1S/C24H21N5O5/c30-22(25-12-13-26-24(31)21-7-4-14-34-21)15-18-16-28(19-5-2-1-3-6-19)27-23(18)17-8-10-20(11-9-17)29(32)33/h1-11,14,16H,12-13,15H2,(H,25,30)(H,26,31). The summed E-state index contributed by atoms with van der Waals surface area (Å²) in [6.07, 6.45) is 3.23. The summed E-state index contributed by atoms with van der Waals surface area (Å²) in [6, 6.07) is 18.6. The van der Waals surface area contributed by atoms with Gasteiger partial charge in [-0.1, -0.05) is 18.2 Å². The van der Waals surface area contributed by atoms with Gasteiger partial charge >= 0.3 is 0 Å². The predicted molar refractivity (Wildman–Crippen MR) is 123 cm³/mol. The van der Waals surface area contributed by atoms with E-state index in [2.05, 4.69) is 15.7 Å². The van der Waals surface area contributed by atoms with Crippen LogP contribution in [0.25, 0.3) is 16.9 Å². The van der Waals surface area contributed by atoms with E-state index in [4.69, 9.17) is 4.42 Å². The van der Waals surface area contributed by atoms with E-state index in [0.717, 1.165) is 5.69 Å². The number of amides is 2. The maximum Gasteiger partial charge on any atom is 0.287 e. The van der Waals surface area contributed by atoms with Crippen molar-refractivity contribution in [2.75, 3.05) is 13.1 Å². The van der Waals surface area contributed by atoms with E-state index < -0.39 is 4.92 Å². The van der Waals surface area contributed by atoms with Crippen molar-refractivity contribution in [1.29, 1.82) is 0 Å². The molecule has 2 heterocycles. The van der Waals surface area contributed by atoms with Crippen molar-refractivity contribution in [3.63, 3.8) is 0 Å². The molecule has 0 aliphatic carbocycles. The molecule has 0 unspecified atom stereocenters. The first-order chi connectivity index (χ1) is 16.5. The lowest BCUT2D eigenvalue weighted by Gasteiger charge is -2.06. The average molecular weight is 459 g/mol. The monoisotopic (exact) mass is 459 g/mol. The number of hydrogen-bond acceptors (Lipinski definition) is 6. The molecule has 0 saturated heterocycles. The minimum absolute atomic E-state index is 0.0258. The topological polar surface area (TPSA) is 132 Å². The highest BCUT2D eigenvalue weighted by Gasteiger charge is 2.17. The Morgan fingerprint density at radius 2 is 1.71 bits per heavy atom. The average Bonchev–Trinajstić information content (AvgIpc) is 3.53. The fraction of sp³-hybridized carbons (Fsp3) is 0.125. The maximum atomic E-state index is 12.6. The molecule has 10 heteroatoms. The number of para-hydroxylation sites is 1. The smallest absolute Gasteiger partial charge is 0.287 e. The zero-order chi connectivity index (χ0) is 23.9. The summed E-state index contributed by atoms with van der Waals surface area (Å²) < 4.78 is 6.69. The Labute approximate surface area is 194 Å². The second-order valence-corrected chi connectivity index (χ2v) is 7.35. The van der Waals surface area contributed by atoms with Gasteiger partial charge in [-0.2, -0.15) is 5.10 Å². The fourth-order valence-electron chi connectivity index (χ4n) is 3.34. The zero-order valence-corrected chi connectivity index (χ0v) is 18.0. The SMILES string of the molecule is O=C(Cc1cn(-c2ccccc2)nc1-c1ccc([N+](=O)[O-])cc1)NCCNC(=O)c1ccco1. The van der Waals surface area contributed by atoms with E-state index in [1.165, 1.54) is 18.4 Å². The number of nitrogens with zero attached hydrogens (tertiary/aromatic N) is 3. The van der Waals surface area contributed by atoms with E-state index >= 15 is 0 Å². The molecule has 0 aliphatic rings. The van der Waals surface area contributed by atoms with Crippen LogP contribution in [0.15, 0.2) is 83.6 Å². The quantitative estimate of drug-likeness (QED) is 0.225. The molecule has 2 aromatic carbocycles. The lowest BCUT2D eigenvalue weighted by molar-refractivity contribution is -0.384. The van der Waals surface area contributed by atoms with Crippen LogP contribution in [0.4, 0.5) is 5.69 Å². The molecule has 0 saturated carbocycles. The van der Waals surface area contributed by atoms with Crippen LogP contribution in [-0.4, -0.2) is 39.6 Å². The number of nitro benzene ring substituents is 1. The summed E-state index contributed by atoms with van der Waals surface area (Å²) >= 11 is 0. The van der Waals surface area contributed by atoms with Gasteiger partial charge in [-0.05, 0) is 36.4 Å². The Bertz CT molecular complexity index is 1280. The normalized spacial score (nSPS) is 10.6. The molecule has 10 nitrogen and oxygen atoms in total. The molecule has 0 atom stereocenters. The number of nitro groups is 1. The van der Waals surface area contributed by atoms with Crippen molar-refractivity contribution in [2.45, 2.75) is 6.42 Å². The van der Waals surface area contributed by atoms with Gasteiger partial charge in [-0.25, -0.2) is 4.68 Å². The molecule has 0 fully saturated rings. The first-order valence-electron chi connectivity index (χ1n) is 10.5. The Morgan fingerprint density at radius 3 is 2.38 bits per heavy atom. The van der Waals surface area contributed by atoms with Gasteiger partial charge in [-0.15, -0.1) is 0 Å². The van der Waals surface area contributed by atoms with Gasteiger partial charge in [0.05, 0.1) is 29.0 Å². The summed E-state index contributed by atoms with van der Waals surface area (Å²) in [5.74, 6) is -0.403. The van der Waals surface area contributed by atoms with E-state index in [1.54, 1.807) is 35.1 Å². The molecule has 2 aromatic heterocycles. The largest absolute Gasteiger partial charge is 0.459 e. The zero-order valence-electron chi connectivity index (χ0n) is 18.0. The van der Waals surface area contributed by atoms with Crippen molar-refractivity contribution < 1.29 is 18.9 Å². The molecule has 0 spiro atoms. The lowest BCUT2D eigenvalue weighted by Crippen LogP contribution is -2.35. The fourth-order valence-corrected chi connectivity index (χ4v) is 3.34. The number of aromatic nitrogens is 2. The van der Waals surface area contributed by atoms with E-state index in [0.29, 0.717) is 16.8 Å². The van der Waals surface area contributed by atoms with Gasteiger partial charge in [0.2, 0.25) is 5.91 Å². The van der Waals surface area contributed by atoms with E-state index in [1.807, 2.05) is 30.3 Å². The molecule has 34 heavy (non-hydrogen) atoms. The van der Waals surface area contributed by atoms with Crippen LogP contribution in [0.2, 0.25) is 0 Å². The van der Waals surface area contributed by atoms with Crippen LogP contribution in [0.5, 0.6) is 0 Å². The number of non-ortho nitro benzene ring substituents is 1. The Kier molecular flexibility index (Phi) is 6.78. The molecule has 4 rings (SSSR count). The number of benzene rings is 2. The molecule has 0 bridgehead atoms. The third-order valence-corrected chi connectivity index (χ3v) is 4.99. The van der Waals surface area contributed by atoms with Crippen molar-refractivity contribution in [1.82, 2.24) is 20.4 Å². The first-order valence-corrected chi connectivity index (χ1v) is 10.5. The highest BCUT2D eigenvalue weighted by Crippen LogP contribution is 2.26. The number of carbonyl (C=O) groups is 2. The number of nitrogens with one attached hydrogen (secondary N) is 2. The number of hydrogen-bond donors (Lipinski definition) is 2. The van der Waals surface area contributed by atoms with Crippen LogP contribution in [-0.2, 0) is 11.2 Å². The number of rotatable bonds is 9. The third-order valence-electron chi connectivity index (χ3n) is 4.99. The van der Waals surface area contributed by atoms with Crippen LogP contribution in [0, 0.1) is 10.1 Å². The molecule has 0 radical (unpaired) electrons. The summed E-state index contributed by atoms with van der Waals surface area (Å²) in [7, 11) is 0. The Hall–Kier alpha value is -4.73. The highest BCUT2D eigenvalue weighted by atomic mass is 16.6. The number of furan rings is 1. The van der Waals surface area contributed by atoms with Gasteiger partial charge in [0.1, 0.15) is 0 Å². The van der Waals surface area contributed by atoms with Crippen LogP contribution < -0.4 is 10.6 Å². The van der Waals surface area contributed by atoms with Crippen molar-refractivity contribution >= 4 is 17.5 Å². The van der Waals surface area contributed by atoms with Crippen molar-refractivity contribution in [3.8, 4) is 16.9 Å². The van der Waals surface area contributed by atoms with Gasteiger partial charge < -0.3 is 15.1 Å². The van der Waals surface area contributed by atoms with Crippen LogP contribution >= 0.6 is 0 Å². The van der Waals surface area contributed by atoms with Crippen LogP contribution in [0.3, 0.4) is 0 Å². The molecule has 2 amide bonds. The van der Waals surface area contributed by atoms with Gasteiger partial charge in [-0.3, -0.25) is 19.7 Å². The molecule has 2 N–H and O–H groups in total. The van der Waals surface area contributed by atoms with Crippen molar-refractivity contribution in [2.24, 2.45) is 0 Å². The van der Waals surface area contributed by atoms with Gasteiger partial charge in [0, 0.05) is 42.5 Å². The summed E-state index contributed by atoms with van der Waals surface area (Å²) in [5.41, 5.74) is 2.67. The second kappa shape index (κ2) is 10.3. The van der Waals surface area contributed by atoms with E-state index in [-0.39, 0.29) is 42.8 Å².